The summed E-state index contributed by atoms with van der Waals surface area (Å²) >= 11 is 0. The van der Waals surface area contributed by atoms with E-state index in [9.17, 15) is 14.4 Å². The standard InChI is InChI=1S/C17H22N4O3/c1-17(2)15(23)21(16(24)19-17)10-9-20-8-4-6-11-12(14(18)22)5-3-7-13(11)20/h3,5,7H,4,6,8-10H2,1-2H3,(H2,18,22)(H,19,24). The molecule has 1 aromatic rings. The molecule has 0 saturated carbocycles. The Morgan fingerprint density at radius 1 is 1.29 bits per heavy atom. The summed E-state index contributed by atoms with van der Waals surface area (Å²) < 4.78 is 0. The molecule has 2 heterocycles. The second-order valence-electron chi connectivity index (χ2n) is 6.77. The summed E-state index contributed by atoms with van der Waals surface area (Å²) in [7, 11) is 0. The monoisotopic (exact) mass is 330 g/mol. The van der Waals surface area contributed by atoms with Crippen molar-refractivity contribution in [1.82, 2.24) is 10.2 Å². The number of hydrogen-bond acceptors (Lipinski definition) is 4. The third kappa shape index (κ3) is 2.70. The Morgan fingerprint density at radius 3 is 2.67 bits per heavy atom. The number of carbonyl (C=O) groups excluding carboxylic acids is 3. The maximum absolute atomic E-state index is 12.3. The first-order chi connectivity index (χ1) is 11.3. The Kier molecular flexibility index (Phi) is 3.95. The first kappa shape index (κ1) is 16.3. The first-order valence-corrected chi connectivity index (χ1v) is 8.12. The van der Waals surface area contributed by atoms with Crippen LogP contribution in [-0.4, -0.2) is 47.9 Å². The number of imide groups is 1. The van der Waals surface area contributed by atoms with Crippen LogP contribution < -0.4 is 16.0 Å². The Labute approximate surface area is 140 Å². The lowest BCUT2D eigenvalue weighted by Crippen LogP contribution is -2.42. The number of anilines is 1. The molecule has 128 valence electrons. The van der Waals surface area contributed by atoms with E-state index in [1.54, 1.807) is 19.9 Å². The van der Waals surface area contributed by atoms with Crippen LogP contribution >= 0.6 is 0 Å². The van der Waals surface area contributed by atoms with Gasteiger partial charge in [0.2, 0.25) is 5.91 Å². The van der Waals surface area contributed by atoms with Crippen molar-refractivity contribution in [2.45, 2.75) is 32.2 Å². The van der Waals surface area contributed by atoms with Gasteiger partial charge in [-0.1, -0.05) is 6.07 Å². The minimum atomic E-state index is -0.851. The van der Waals surface area contributed by atoms with Crippen LogP contribution in [0.4, 0.5) is 10.5 Å². The highest BCUT2D eigenvalue weighted by Gasteiger charge is 2.44. The zero-order chi connectivity index (χ0) is 17.5. The number of urea groups is 1. The van der Waals surface area contributed by atoms with Crippen molar-refractivity contribution in [2.75, 3.05) is 24.5 Å². The van der Waals surface area contributed by atoms with Gasteiger partial charge in [0.25, 0.3) is 5.91 Å². The van der Waals surface area contributed by atoms with Gasteiger partial charge in [-0.05, 0) is 44.4 Å². The molecule has 0 radical (unpaired) electrons. The summed E-state index contributed by atoms with van der Waals surface area (Å²) in [6.45, 7) is 5.06. The van der Waals surface area contributed by atoms with Crippen LogP contribution in [0.25, 0.3) is 0 Å². The molecule has 4 amide bonds. The van der Waals surface area contributed by atoms with Gasteiger partial charge in [-0.25, -0.2) is 4.79 Å². The van der Waals surface area contributed by atoms with E-state index >= 15 is 0 Å². The Morgan fingerprint density at radius 2 is 2.04 bits per heavy atom. The fourth-order valence-corrected chi connectivity index (χ4v) is 3.41. The van der Waals surface area contributed by atoms with Gasteiger partial charge >= 0.3 is 6.03 Å². The quantitative estimate of drug-likeness (QED) is 0.801. The molecule has 0 unspecified atom stereocenters. The van der Waals surface area contributed by atoms with Crippen molar-refractivity contribution in [3.05, 3.63) is 29.3 Å². The molecule has 0 atom stereocenters. The van der Waals surface area contributed by atoms with Crippen LogP contribution in [0.1, 0.15) is 36.2 Å². The zero-order valence-electron chi connectivity index (χ0n) is 14.0. The molecular formula is C17H22N4O3. The van der Waals surface area contributed by atoms with Crippen molar-refractivity contribution >= 4 is 23.5 Å². The van der Waals surface area contributed by atoms with Crippen LogP contribution in [0.2, 0.25) is 0 Å². The molecule has 1 fully saturated rings. The SMILES string of the molecule is CC1(C)NC(=O)N(CCN2CCCc3c(C(N)=O)cccc32)C1=O. The number of nitrogens with two attached hydrogens (primary N) is 1. The van der Waals surface area contributed by atoms with E-state index in [1.165, 1.54) is 4.90 Å². The largest absolute Gasteiger partial charge is 0.369 e. The normalized spacial score (nSPS) is 19.2. The predicted molar refractivity (Wildman–Crippen MR) is 89.8 cm³/mol. The molecule has 3 N–H and O–H groups in total. The molecule has 7 heteroatoms. The topological polar surface area (TPSA) is 95.7 Å². The highest BCUT2D eigenvalue weighted by atomic mass is 16.2. The number of benzene rings is 1. The predicted octanol–water partition coefficient (Wildman–Crippen LogP) is 0.869. The molecule has 0 aromatic heterocycles. The molecule has 24 heavy (non-hydrogen) atoms. The molecule has 0 aliphatic carbocycles. The number of rotatable bonds is 4. The number of primary amides is 1. The van der Waals surface area contributed by atoms with Crippen molar-refractivity contribution in [1.29, 1.82) is 0 Å². The third-order valence-electron chi connectivity index (χ3n) is 4.65. The van der Waals surface area contributed by atoms with E-state index in [1.807, 2.05) is 12.1 Å². The smallest absolute Gasteiger partial charge is 0.325 e. The van der Waals surface area contributed by atoms with Crippen LogP contribution in [0.3, 0.4) is 0 Å². The average molecular weight is 330 g/mol. The number of nitrogens with zero attached hydrogens (tertiary/aromatic N) is 2. The molecule has 3 rings (SSSR count). The van der Waals surface area contributed by atoms with Crippen molar-refractivity contribution in [3.8, 4) is 0 Å². The summed E-state index contributed by atoms with van der Waals surface area (Å²) in [5.41, 5.74) is 7.07. The van der Waals surface area contributed by atoms with E-state index in [2.05, 4.69) is 10.2 Å². The summed E-state index contributed by atoms with van der Waals surface area (Å²) in [5, 5.41) is 2.68. The fourth-order valence-electron chi connectivity index (χ4n) is 3.41. The van der Waals surface area contributed by atoms with Crippen molar-refractivity contribution < 1.29 is 14.4 Å². The summed E-state index contributed by atoms with van der Waals surface area (Å²) in [4.78, 5) is 39.2. The second-order valence-corrected chi connectivity index (χ2v) is 6.77. The minimum absolute atomic E-state index is 0.212. The number of fused-ring (bicyclic) bond motifs is 1. The highest BCUT2D eigenvalue weighted by Crippen LogP contribution is 2.29. The van der Waals surface area contributed by atoms with E-state index in [-0.39, 0.29) is 11.9 Å². The molecule has 1 saturated heterocycles. The van der Waals surface area contributed by atoms with Gasteiger partial charge in [-0.15, -0.1) is 0 Å². The van der Waals surface area contributed by atoms with E-state index in [0.29, 0.717) is 18.7 Å². The molecular weight excluding hydrogens is 308 g/mol. The third-order valence-corrected chi connectivity index (χ3v) is 4.65. The summed E-state index contributed by atoms with van der Waals surface area (Å²) in [5.74, 6) is -0.639. The lowest BCUT2D eigenvalue weighted by molar-refractivity contribution is -0.130. The minimum Gasteiger partial charge on any atom is -0.369 e. The molecule has 0 bridgehead atoms. The Hall–Kier alpha value is -2.57. The number of hydrogen-bond donors (Lipinski definition) is 2. The van der Waals surface area contributed by atoms with Crippen molar-refractivity contribution in [2.24, 2.45) is 5.73 Å². The van der Waals surface area contributed by atoms with Crippen LogP contribution in [0.15, 0.2) is 18.2 Å². The summed E-state index contributed by atoms with van der Waals surface area (Å²) in [6, 6.07) is 5.16. The number of amides is 4. The molecule has 0 spiro atoms. The van der Waals surface area contributed by atoms with Crippen molar-refractivity contribution in [3.63, 3.8) is 0 Å². The summed E-state index contributed by atoms with van der Waals surface area (Å²) in [6.07, 6.45) is 1.71. The second kappa shape index (κ2) is 5.81. The highest BCUT2D eigenvalue weighted by molar-refractivity contribution is 6.06. The van der Waals surface area contributed by atoms with Crippen LogP contribution in [0.5, 0.6) is 0 Å². The van der Waals surface area contributed by atoms with Gasteiger partial charge in [0.05, 0.1) is 0 Å². The lowest BCUT2D eigenvalue weighted by atomic mass is 9.96. The number of carbonyl (C=O) groups is 3. The van der Waals surface area contributed by atoms with Gasteiger partial charge in [-0.3, -0.25) is 14.5 Å². The molecule has 2 aliphatic heterocycles. The average Bonchev–Trinajstić information content (AvgIpc) is 2.72. The van der Waals surface area contributed by atoms with E-state index in [0.717, 1.165) is 30.6 Å². The molecule has 7 nitrogen and oxygen atoms in total. The first-order valence-electron chi connectivity index (χ1n) is 8.12. The Balaban J connectivity index is 1.77. The maximum Gasteiger partial charge on any atom is 0.325 e. The van der Waals surface area contributed by atoms with Gasteiger partial charge in [-0.2, -0.15) is 0 Å². The van der Waals surface area contributed by atoms with Gasteiger partial charge < -0.3 is 16.0 Å². The molecule has 2 aliphatic rings. The van der Waals surface area contributed by atoms with Gasteiger partial charge in [0.1, 0.15) is 5.54 Å². The zero-order valence-corrected chi connectivity index (χ0v) is 14.0. The van der Waals surface area contributed by atoms with E-state index in [4.69, 9.17) is 5.73 Å². The van der Waals surface area contributed by atoms with Crippen LogP contribution in [0, 0.1) is 0 Å². The maximum atomic E-state index is 12.3. The molecule has 1 aromatic carbocycles. The van der Waals surface area contributed by atoms with Crippen LogP contribution in [-0.2, 0) is 11.2 Å². The van der Waals surface area contributed by atoms with Gasteiger partial charge in [0, 0.05) is 30.9 Å². The number of nitrogens with one attached hydrogen (secondary N) is 1. The fraction of sp³-hybridized carbons (Fsp3) is 0.471. The Bertz CT molecular complexity index is 714. The lowest BCUT2D eigenvalue weighted by Gasteiger charge is -2.33. The van der Waals surface area contributed by atoms with E-state index < -0.39 is 11.4 Å². The van der Waals surface area contributed by atoms with Gasteiger partial charge in [0.15, 0.2) is 0 Å².